The minimum absolute atomic E-state index is 1.59. The second-order valence-electron chi connectivity index (χ2n) is 3.60. The lowest BCUT2D eigenvalue weighted by Crippen LogP contribution is -2.73. The van der Waals surface area contributed by atoms with E-state index >= 15 is 0 Å². The molecule has 100 valence electrons. The number of piperazine rings is 1. The van der Waals surface area contributed by atoms with Gasteiger partial charge in [0.15, 0.2) is 0 Å². The van der Waals surface area contributed by atoms with Crippen LogP contribution in [0.4, 0.5) is 0 Å². The minimum atomic E-state index is -1.74. The fourth-order valence-corrected chi connectivity index (χ4v) is 1.63. The van der Waals surface area contributed by atoms with Gasteiger partial charge in [-0.25, -0.2) is 0 Å². The van der Waals surface area contributed by atoms with E-state index in [1.54, 1.807) is 0 Å². The number of hydrogen-bond acceptors (Lipinski definition) is 6. The largest absolute Gasteiger partial charge is 0.480 e. The Morgan fingerprint density at radius 1 is 0.556 bits per heavy atom. The standard InChI is InChI=1S/C8H10N2O8/c11-5(12)1-2(6(13)14)10-4(8(17)18)3(9-1)7(15)16/h1-4,9-10H,(H,11,12)(H,13,14)(H,15,16)(H,17,18). The van der Waals surface area contributed by atoms with Gasteiger partial charge < -0.3 is 20.4 Å². The van der Waals surface area contributed by atoms with E-state index in [0.29, 0.717) is 0 Å². The Balaban J connectivity index is 3.06. The summed E-state index contributed by atoms with van der Waals surface area (Å²) in [7, 11) is 0. The van der Waals surface area contributed by atoms with Crippen molar-refractivity contribution in [2.45, 2.75) is 24.2 Å². The van der Waals surface area contributed by atoms with Crippen molar-refractivity contribution in [2.75, 3.05) is 0 Å². The van der Waals surface area contributed by atoms with Gasteiger partial charge in [-0.15, -0.1) is 0 Å². The van der Waals surface area contributed by atoms with E-state index in [-0.39, 0.29) is 0 Å². The zero-order valence-corrected chi connectivity index (χ0v) is 8.73. The summed E-state index contributed by atoms with van der Waals surface area (Å²) in [5.74, 6) is -6.37. The van der Waals surface area contributed by atoms with Gasteiger partial charge in [0.25, 0.3) is 0 Å². The molecule has 1 aliphatic heterocycles. The van der Waals surface area contributed by atoms with Crippen molar-refractivity contribution in [1.29, 1.82) is 0 Å². The maximum absolute atomic E-state index is 10.8. The van der Waals surface area contributed by atoms with E-state index in [1.165, 1.54) is 0 Å². The molecule has 6 N–H and O–H groups in total. The van der Waals surface area contributed by atoms with Crippen LogP contribution < -0.4 is 10.6 Å². The fraction of sp³-hybridized carbons (Fsp3) is 0.500. The Kier molecular flexibility index (Phi) is 3.83. The summed E-state index contributed by atoms with van der Waals surface area (Å²) in [6.45, 7) is 0. The zero-order valence-electron chi connectivity index (χ0n) is 8.73. The van der Waals surface area contributed by atoms with Gasteiger partial charge in [-0.1, -0.05) is 0 Å². The number of carbonyl (C=O) groups is 4. The van der Waals surface area contributed by atoms with Crippen molar-refractivity contribution in [3.8, 4) is 0 Å². The summed E-state index contributed by atoms with van der Waals surface area (Å²) in [5.41, 5.74) is 0. The molecule has 10 nitrogen and oxygen atoms in total. The molecule has 0 radical (unpaired) electrons. The Hall–Kier alpha value is -2.20. The van der Waals surface area contributed by atoms with Crippen LogP contribution in [-0.2, 0) is 19.2 Å². The fourth-order valence-electron chi connectivity index (χ4n) is 1.63. The molecule has 0 bridgehead atoms. The predicted molar refractivity (Wildman–Crippen MR) is 52.0 cm³/mol. The molecule has 1 rings (SSSR count). The molecule has 1 fully saturated rings. The number of rotatable bonds is 4. The molecule has 0 aromatic heterocycles. The van der Waals surface area contributed by atoms with Crippen LogP contribution in [0, 0.1) is 0 Å². The average Bonchev–Trinajstić information content (AvgIpc) is 2.26. The maximum atomic E-state index is 10.8. The first-order chi connectivity index (χ1) is 8.25. The molecule has 0 saturated carbocycles. The van der Waals surface area contributed by atoms with E-state index < -0.39 is 48.0 Å². The highest BCUT2D eigenvalue weighted by Crippen LogP contribution is 2.10. The van der Waals surface area contributed by atoms with Crippen molar-refractivity contribution in [1.82, 2.24) is 10.6 Å². The van der Waals surface area contributed by atoms with Crippen LogP contribution in [0.2, 0.25) is 0 Å². The number of carboxylic acid groups (broad SMARTS) is 4. The Morgan fingerprint density at radius 2 is 0.722 bits per heavy atom. The smallest absolute Gasteiger partial charge is 0.322 e. The summed E-state index contributed by atoms with van der Waals surface area (Å²) < 4.78 is 0. The predicted octanol–water partition coefficient (Wildman–Crippen LogP) is -3.01. The van der Waals surface area contributed by atoms with E-state index in [1.807, 2.05) is 10.6 Å². The van der Waals surface area contributed by atoms with Gasteiger partial charge in [-0.2, -0.15) is 0 Å². The van der Waals surface area contributed by atoms with E-state index in [0.717, 1.165) is 0 Å². The monoisotopic (exact) mass is 262 g/mol. The molecule has 0 aliphatic carbocycles. The van der Waals surface area contributed by atoms with Crippen LogP contribution in [0.3, 0.4) is 0 Å². The molecule has 0 aromatic carbocycles. The molecule has 4 atom stereocenters. The number of nitrogens with one attached hydrogen (secondary N) is 2. The van der Waals surface area contributed by atoms with Gasteiger partial charge in [0.2, 0.25) is 0 Å². The SMILES string of the molecule is O=C(O)C1NC(C(=O)O)C(C(=O)O)NC1C(=O)O. The molecular formula is C8H10N2O8. The second kappa shape index (κ2) is 4.98. The lowest BCUT2D eigenvalue weighted by molar-refractivity contribution is -0.158. The molecule has 1 aliphatic rings. The van der Waals surface area contributed by atoms with Gasteiger partial charge in [0.1, 0.15) is 24.2 Å². The molecule has 0 aromatic rings. The van der Waals surface area contributed by atoms with Gasteiger partial charge in [0.05, 0.1) is 0 Å². The topological polar surface area (TPSA) is 173 Å². The first-order valence-electron chi connectivity index (χ1n) is 4.69. The van der Waals surface area contributed by atoms with E-state index in [9.17, 15) is 19.2 Å². The second-order valence-corrected chi connectivity index (χ2v) is 3.60. The molecule has 0 spiro atoms. The van der Waals surface area contributed by atoms with E-state index in [4.69, 9.17) is 20.4 Å². The Bertz CT molecular complexity index is 334. The lowest BCUT2D eigenvalue weighted by Gasteiger charge is -2.36. The van der Waals surface area contributed by atoms with Crippen molar-refractivity contribution < 1.29 is 39.6 Å². The maximum Gasteiger partial charge on any atom is 0.322 e. The normalized spacial score (nSPS) is 31.6. The molecule has 4 unspecified atom stereocenters. The van der Waals surface area contributed by atoms with E-state index in [2.05, 4.69) is 0 Å². The highest BCUT2D eigenvalue weighted by molar-refractivity contribution is 5.91. The minimum Gasteiger partial charge on any atom is -0.480 e. The molecule has 1 saturated heterocycles. The summed E-state index contributed by atoms with van der Waals surface area (Å²) in [5, 5.41) is 39.1. The Morgan fingerprint density at radius 3 is 0.833 bits per heavy atom. The van der Waals surface area contributed by atoms with Crippen molar-refractivity contribution >= 4 is 23.9 Å². The van der Waals surface area contributed by atoms with Gasteiger partial charge in [0, 0.05) is 0 Å². The third-order valence-corrected chi connectivity index (χ3v) is 2.45. The Labute approximate surface area is 99.2 Å². The molecule has 10 heteroatoms. The number of aliphatic carboxylic acids is 4. The van der Waals surface area contributed by atoms with Crippen molar-refractivity contribution in [3.05, 3.63) is 0 Å². The van der Waals surface area contributed by atoms with Crippen LogP contribution in [0.5, 0.6) is 0 Å². The van der Waals surface area contributed by atoms with Gasteiger partial charge in [-0.3, -0.25) is 29.8 Å². The highest BCUT2D eigenvalue weighted by Gasteiger charge is 2.48. The highest BCUT2D eigenvalue weighted by atomic mass is 16.4. The number of hydrogen-bond donors (Lipinski definition) is 6. The van der Waals surface area contributed by atoms with Crippen LogP contribution in [0.15, 0.2) is 0 Å². The summed E-state index contributed by atoms with van der Waals surface area (Å²) in [6.07, 6.45) is 0. The lowest BCUT2D eigenvalue weighted by atomic mass is 9.96. The molecular weight excluding hydrogens is 252 g/mol. The van der Waals surface area contributed by atoms with Gasteiger partial charge in [-0.05, 0) is 0 Å². The summed E-state index contributed by atoms with van der Waals surface area (Å²) >= 11 is 0. The van der Waals surface area contributed by atoms with Crippen LogP contribution in [0.1, 0.15) is 0 Å². The van der Waals surface area contributed by atoms with Crippen molar-refractivity contribution in [2.24, 2.45) is 0 Å². The van der Waals surface area contributed by atoms with Crippen molar-refractivity contribution in [3.63, 3.8) is 0 Å². The van der Waals surface area contributed by atoms with Crippen LogP contribution in [-0.4, -0.2) is 68.5 Å². The number of carboxylic acids is 4. The first kappa shape index (κ1) is 13.9. The molecule has 0 amide bonds. The third-order valence-electron chi connectivity index (χ3n) is 2.45. The van der Waals surface area contributed by atoms with Crippen LogP contribution in [0.25, 0.3) is 0 Å². The zero-order chi connectivity index (χ0) is 14.0. The first-order valence-corrected chi connectivity index (χ1v) is 4.69. The average molecular weight is 262 g/mol. The quantitative estimate of drug-likeness (QED) is 0.306. The molecule has 18 heavy (non-hydrogen) atoms. The van der Waals surface area contributed by atoms with Gasteiger partial charge >= 0.3 is 23.9 Å². The molecule has 1 heterocycles. The summed E-state index contributed by atoms with van der Waals surface area (Å²) in [4.78, 5) is 43.2. The third kappa shape index (κ3) is 2.55. The summed E-state index contributed by atoms with van der Waals surface area (Å²) in [6, 6.07) is -6.95. The van der Waals surface area contributed by atoms with Crippen LogP contribution >= 0.6 is 0 Å².